The van der Waals surface area contributed by atoms with E-state index in [1.807, 2.05) is 38.7 Å². The molecule has 0 fully saturated rings. The van der Waals surface area contributed by atoms with Crippen LogP contribution in [0.25, 0.3) is 0 Å². The largest absolute Gasteiger partial charge is 0.478 e. The number of hydrogen-bond donors (Lipinski definition) is 1. The molecule has 1 aromatic carbocycles. The van der Waals surface area contributed by atoms with Crippen molar-refractivity contribution in [3.8, 4) is 0 Å². The van der Waals surface area contributed by atoms with Crippen molar-refractivity contribution in [3.05, 3.63) is 34.9 Å². The predicted molar refractivity (Wildman–Crippen MR) is 85.9 cm³/mol. The van der Waals surface area contributed by atoms with E-state index < -0.39 is 5.97 Å². The highest BCUT2D eigenvalue weighted by atomic mass is 16.4. The van der Waals surface area contributed by atoms with Gasteiger partial charge in [-0.3, -0.25) is 4.79 Å². The van der Waals surface area contributed by atoms with Crippen LogP contribution in [-0.4, -0.2) is 27.9 Å². The van der Waals surface area contributed by atoms with Crippen molar-refractivity contribution >= 4 is 11.9 Å². The molecule has 0 aliphatic heterocycles. The quantitative estimate of drug-likeness (QED) is 0.903. The molecular formula is C18H25NO3. The lowest BCUT2D eigenvalue weighted by Crippen LogP contribution is -2.39. The second-order valence-electron chi connectivity index (χ2n) is 6.77. The third kappa shape index (κ3) is 3.32. The summed E-state index contributed by atoms with van der Waals surface area (Å²) in [6.45, 7) is 8.14. The van der Waals surface area contributed by atoms with E-state index in [4.69, 9.17) is 0 Å². The van der Waals surface area contributed by atoms with Crippen LogP contribution in [0, 0.1) is 5.92 Å². The second-order valence-corrected chi connectivity index (χ2v) is 6.77. The van der Waals surface area contributed by atoms with E-state index in [-0.39, 0.29) is 18.0 Å². The monoisotopic (exact) mass is 303 g/mol. The Balaban J connectivity index is 2.35. The Morgan fingerprint density at radius 1 is 1.27 bits per heavy atom. The first-order valence-electron chi connectivity index (χ1n) is 7.98. The number of aromatic carboxylic acids is 1. The van der Waals surface area contributed by atoms with E-state index in [0.717, 1.165) is 24.0 Å². The van der Waals surface area contributed by atoms with Gasteiger partial charge in [0.05, 0.1) is 11.6 Å². The van der Waals surface area contributed by atoms with E-state index in [9.17, 15) is 14.7 Å². The molecule has 1 aliphatic carbocycles. The zero-order valence-electron chi connectivity index (χ0n) is 13.8. The molecule has 1 aromatic rings. The fraction of sp³-hybridized carbons (Fsp3) is 0.556. The molecule has 1 unspecified atom stereocenters. The minimum Gasteiger partial charge on any atom is -0.478 e. The second kappa shape index (κ2) is 6.51. The number of benzene rings is 1. The molecule has 0 saturated carbocycles. The van der Waals surface area contributed by atoms with Gasteiger partial charge in [-0.2, -0.15) is 0 Å². The Morgan fingerprint density at radius 3 is 2.50 bits per heavy atom. The van der Waals surface area contributed by atoms with Gasteiger partial charge < -0.3 is 10.0 Å². The van der Waals surface area contributed by atoms with Crippen LogP contribution in [0.5, 0.6) is 0 Å². The number of nitrogens with zero attached hydrogens (tertiary/aromatic N) is 1. The number of amides is 1. The van der Waals surface area contributed by atoms with E-state index in [1.54, 1.807) is 12.1 Å². The minimum absolute atomic E-state index is 0.000509. The maximum absolute atomic E-state index is 12.6. The normalized spacial score (nSPS) is 16.9. The van der Waals surface area contributed by atoms with E-state index in [2.05, 4.69) is 0 Å². The van der Waals surface area contributed by atoms with Crippen LogP contribution in [0.15, 0.2) is 18.2 Å². The highest BCUT2D eigenvalue weighted by Gasteiger charge is 2.33. The zero-order chi connectivity index (χ0) is 16.4. The Labute approximate surface area is 132 Å². The number of aryl methyl sites for hydroxylation is 1. The fourth-order valence-electron chi connectivity index (χ4n) is 3.28. The third-order valence-corrected chi connectivity index (χ3v) is 4.20. The van der Waals surface area contributed by atoms with Crippen LogP contribution in [-0.2, 0) is 11.2 Å². The molecule has 4 nitrogen and oxygen atoms in total. The Morgan fingerprint density at radius 2 is 1.95 bits per heavy atom. The lowest BCUT2D eigenvalue weighted by molar-refractivity contribution is -0.136. The highest BCUT2D eigenvalue weighted by molar-refractivity contribution is 5.88. The van der Waals surface area contributed by atoms with Crippen molar-refractivity contribution in [2.75, 3.05) is 0 Å². The summed E-state index contributed by atoms with van der Waals surface area (Å²) in [4.78, 5) is 25.8. The maximum atomic E-state index is 12.6. The van der Waals surface area contributed by atoms with Gasteiger partial charge in [0.15, 0.2) is 0 Å². The summed E-state index contributed by atoms with van der Waals surface area (Å²) in [5.41, 5.74) is 2.47. The van der Waals surface area contributed by atoms with Crippen LogP contribution in [0.1, 0.15) is 68.1 Å². The Bertz CT molecular complexity index is 578. The van der Waals surface area contributed by atoms with Crippen molar-refractivity contribution in [1.29, 1.82) is 0 Å². The number of carbonyl (C=O) groups is 2. The number of carbonyl (C=O) groups excluding carboxylic acids is 1. The van der Waals surface area contributed by atoms with Gasteiger partial charge in [-0.15, -0.1) is 0 Å². The van der Waals surface area contributed by atoms with Crippen molar-refractivity contribution < 1.29 is 14.7 Å². The molecule has 0 heterocycles. The summed E-state index contributed by atoms with van der Waals surface area (Å²) in [5.74, 6) is -0.443. The molecule has 0 spiro atoms. The van der Waals surface area contributed by atoms with E-state index in [1.165, 1.54) is 0 Å². The van der Waals surface area contributed by atoms with Gasteiger partial charge in [0.25, 0.3) is 0 Å². The molecule has 1 N–H and O–H groups in total. The van der Waals surface area contributed by atoms with E-state index in [0.29, 0.717) is 17.9 Å². The van der Waals surface area contributed by atoms with Crippen LogP contribution in [0.4, 0.5) is 0 Å². The van der Waals surface area contributed by atoms with Crippen molar-refractivity contribution in [3.63, 3.8) is 0 Å². The zero-order valence-corrected chi connectivity index (χ0v) is 13.8. The summed E-state index contributed by atoms with van der Waals surface area (Å²) in [5, 5.41) is 9.20. The standard InChI is InChI=1S/C18H25NO3/c1-11(2)9-17(20)19(12(3)4)16-8-7-13-5-6-14(18(21)22)10-15(13)16/h5-6,10-12,16H,7-9H2,1-4H3,(H,21,22). The molecule has 4 heteroatoms. The van der Waals surface area contributed by atoms with Gasteiger partial charge in [0, 0.05) is 12.5 Å². The molecule has 1 atom stereocenters. The van der Waals surface area contributed by atoms with Crippen LogP contribution >= 0.6 is 0 Å². The van der Waals surface area contributed by atoms with Gasteiger partial charge in [0.2, 0.25) is 5.91 Å². The molecule has 0 aromatic heterocycles. The van der Waals surface area contributed by atoms with Crippen LogP contribution in [0.3, 0.4) is 0 Å². The molecule has 1 aliphatic rings. The Kier molecular flexibility index (Phi) is 4.89. The third-order valence-electron chi connectivity index (χ3n) is 4.20. The van der Waals surface area contributed by atoms with Gasteiger partial charge in [-0.25, -0.2) is 4.79 Å². The molecule has 1 amide bonds. The van der Waals surface area contributed by atoms with E-state index >= 15 is 0 Å². The molecular weight excluding hydrogens is 278 g/mol. The topological polar surface area (TPSA) is 57.6 Å². The Hall–Kier alpha value is -1.84. The van der Waals surface area contributed by atoms with Gasteiger partial charge in [-0.05, 0) is 55.9 Å². The number of carboxylic acid groups (broad SMARTS) is 1. The van der Waals surface area contributed by atoms with Crippen molar-refractivity contribution in [2.24, 2.45) is 5.92 Å². The summed E-state index contributed by atoms with van der Waals surface area (Å²) < 4.78 is 0. The van der Waals surface area contributed by atoms with Crippen LogP contribution < -0.4 is 0 Å². The number of hydrogen-bond acceptors (Lipinski definition) is 2. The molecule has 0 saturated heterocycles. The molecule has 2 rings (SSSR count). The summed E-state index contributed by atoms with van der Waals surface area (Å²) >= 11 is 0. The number of rotatable bonds is 5. The van der Waals surface area contributed by atoms with Gasteiger partial charge in [0.1, 0.15) is 0 Å². The first-order valence-corrected chi connectivity index (χ1v) is 7.98. The summed E-state index contributed by atoms with van der Waals surface area (Å²) in [6, 6.07) is 5.40. The van der Waals surface area contributed by atoms with Gasteiger partial charge >= 0.3 is 5.97 Å². The molecule has 22 heavy (non-hydrogen) atoms. The van der Waals surface area contributed by atoms with Crippen molar-refractivity contribution in [1.82, 2.24) is 4.90 Å². The smallest absolute Gasteiger partial charge is 0.335 e. The molecule has 0 radical (unpaired) electrons. The SMILES string of the molecule is CC(C)CC(=O)N(C(C)C)C1CCc2ccc(C(=O)O)cc21. The predicted octanol–water partition coefficient (Wildman–Crippen LogP) is 3.66. The summed E-state index contributed by atoms with van der Waals surface area (Å²) in [6.07, 6.45) is 2.31. The average Bonchev–Trinajstić information content (AvgIpc) is 2.80. The number of fused-ring (bicyclic) bond motifs is 1. The van der Waals surface area contributed by atoms with Crippen molar-refractivity contribution in [2.45, 2.75) is 59.0 Å². The maximum Gasteiger partial charge on any atom is 0.335 e. The van der Waals surface area contributed by atoms with Crippen LogP contribution in [0.2, 0.25) is 0 Å². The summed E-state index contributed by atoms with van der Waals surface area (Å²) in [7, 11) is 0. The molecule has 0 bridgehead atoms. The average molecular weight is 303 g/mol. The lowest BCUT2D eigenvalue weighted by Gasteiger charge is -2.34. The first-order chi connectivity index (χ1) is 10.3. The highest BCUT2D eigenvalue weighted by Crippen LogP contribution is 2.38. The minimum atomic E-state index is -0.918. The molecule has 120 valence electrons. The number of carboxylic acids is 1. The lowest BCUT2D eigenvalue weighted by atomic mass is 10.0. The first kappa shape index (κ1) is 16.5. The fourth-order valence-corrected chi connectivity index (χ4v) is 3.28. The van der Waals surface area contributed by atoms with Gasteiger partial charge in [-0.1, -0.05) is 19.9 Å².